The Morgan fingerprint density at radius 1 is 1.32 bits per heavy atom. The maximum absolute atomic E-state index is 13.0. The molecule has 3 N–H and O–H groups in total. The lowest BCUT2D eigenvalue weighted by molar-refractivity contribution is -0.120. The van der Waals surface area contributed by atoms with Gasteiger partial charge in [-0.05, 0) is 24.3 Å². The Labute approximate surface area is 162 Å². The standard InChI is InChI=1S/C20H26N4O4/c1-13-11-15(13)19(26)23(9-6-10-28-2)16-17(21)24(20(27)22-18(16)25)12-14-7-4-3-5-8-14/h3-5,7-8,13,15H,6,9-12,21H2,1-2H3,(H,22,25,27). The second kappa shape index (κ2) is 8.43. The van der Waals surface area contributed by atoms with E-state index in [2.05, 4.69) is 4.98 Å². The molecule has 2 aromatic rings. The highest BCUT2D eigenvalue weighted by atomic mass is 16.5. The van der Waals surface area contributed by atoms with Crippen LogP contribution in [0.5, 0.6) is 0 Å². The van der Waals surface area contributed by atoms with Gasteiger partial charge >= 0.3 is 5.69 Å². The zero-order valence-electron chi connectivity index (χ0n) is 16.2. The number of nitrogens with one attached hydrogen (secondary N) is 1. The van der Waals surface area contributed by atoms with Gasteiger partial charge in [0.15, 0.2) is 5.69 Å². The normalized spacial score (nSPS) is 18.1. The fraction of sp³-hybridized carbons (Fsp3) is 0.450. The van der Waals surface area contributed by atoms with Crippen molar-refractivity contribution < 1.29 is 9.53 Å². The van der Waals surface area contributed by atoms with Gasteiger partial charge in [-0.3, -0.25) is 19.1 Å². The Hall–Kier alpha value is -2.87. The Kier molecular flexibility index (Phi) is 5.99. The second-order valence-corrected chi connectivity index (χ2v) is 7.22. The molecule has 1 saturated carbocycles. The van der Waals surface area contributed by atoms with Crippen LogP contribution < -0.4 is 21.9 Å². The number of nitrogens with two attached hydrogens (primary N) is 1. The SMILES string of the molecule is COCCCN(C(=O)C1CC1C)c1c(N)n(Cc2ccccc2)c(=O)[nH]c1=O. The van der Waals surface area contributed by atoms with Crippen molar-refractivity contribution >= 4 is 17.4 Å². The number of aromatic amines is 1. The molecule has 0 aliphatic heterocycles. The van der Waals surface area contributed by atoms with Crippen LogP contribution in [0.1, 0.15) is 25.3 Å². The minimum atomic E-state index is -0.647. The summed E-state index contributed by atoms with van der Waals surface area (Å²) in [6.07, 6.45) is 1.35. The molecule has 0 saturated heterocycles. The quantitative estimate of drug-likeness (QED) is 0.662. The van der Waals surface area contributed by atoms with Crippen molar-refractivity contribution in [3.63, 3.8) is 0 Å². The molecule has 0 bridgehead atoms. The smallest absolute Gasteiger partial charge is 0.330 e. The highest BCUT2D eigenvalue weighted by molar-refractivity contribution is 5.98. The van der Waals surface area contributed by atoms with Crippen molar-refractivity contribution in [1.82, 2.24) is 9.55 Å². The Balaban J connectivity index is 2.01. The summed E-state index contributed by atoms with van der Waals surface area (Å²) in [5.41, 5.74) is 5.90. The van der Waals surface area contributed by atoms with Gasteiger partial charge in [-0.2, -0.15) is 0 Å². The average Bonchev–Trinajstić information content (AvgIpc) is 3.41. The summed E-state index contributed by atoms with van der Waals surface area (Å²) in [4.78, 5) is 41.7. The number of amides is 1. The van der Waals surface area contributed by atoms with Crippen molar-refractivity contribution in [1.29, 1.82) is 0 Å². The summed E-state index contributed by atoms with van der Waals surface area (Å²) in [5.74, 6) is 0.0335. The van der Waals surface area contributed by atoms with Crippen LogP contribution in [0.4, 0.5) is 11.5 Å². The van der Waals surface area contributed by atoms with E-state index < -0.39 is 11.2 Å². The lowest BCUT2D eigenvalue weighted by Gasteiger charge is -2.24. The van der Waals surface area contributed by atoms with E-state index in [1.165, 1.54) is 9.47 Å². The van der Waals surface area contributed by atoms with Gasteiger partial charge in [-0.25, -0.2) is 4.79 Å². The van der Waals surface area contributed by atoms with Gasteiger partial charge in [0, 0.05) is 26.2 Å². The fourth-order valence-electron chi connectivity index (χ4n) is 3.33. The largest absolute Gasteiger partial charge is 0.385 e. The molecule has 28 heavy (non-hydrogen) atoms. The summed E-state index contributed by atoms with van der Waals surface area (Å²) in [6.45, 7) is 2.95. The summed E-state index contributed by atoms with van der Waals surface area (Å²) < 4.78 is 6.37. The lowest BCUT2D eigenvalue weighted by Crippen LogP contribution is -2.42. The molecule has 0 spiro atoms. The van der Waals surface area contributed by atoms with Crippen LogP contribution in [-0.4, -0.2) is 35.7 Å². The van der Waals surface area contributed by atoms with E-state index in [1.807, 2.05) is 37.3 Å². The number of carbonyl (C=O) groups excluding carboxylic acids is 1. The van der Waals surface area contributed by atoms with Gasteiger partial charge in [-0.1, -0.05) is 37.3 Å². The number of anilines is 2. The van der Waals surface area contributed by atoms with Gasteiger partial charge in [0.05, 0.1) is 6.54 Å². The number of rotatable bonds is 8. The molecule has 3 rings (SSSR count). The summed E-state index contributed by atoms with van der Waals surface area (Å²) in [5, 5.41) is 0. The van der Waals surface area contributed by atoms with Gasteiger partial charge in [0.25, 0.3) is 5.56 Å². The van der Waals surface area contributed by atoms with Crippen LogP contribution >= 0.6 is 0 Å². The predicted octanol–water partition coefficient (Wildman–Crippen LogP) is 1.19. The molecule has 1 aromatic heterocycles. The van der Waals surface area contributed by atoms with E-state index in [-0.39, 0.29) is 35.8 Å². The summed E-state index contributed by atoms with van der Waals surface area (Å²) in [6, 6.07) is 9.32. The minimum Gasteiger partial charge on any atom is -0.385 e. The van der Waals surface area contributed by atoms with Gasteiger partial charge in [-0.15, -0.1) is 0 Å². The number of methoxy groups -OCH3 is 1. The number of benzene rings is 1. The third kappa shape index (κ3) is 4.17. The number of hydrogen-bond acceptors (Lipinski definition) is 5. The lowest BCUT2D eigenvalue weighted by atomic mass is 10.2. The monoisotopic (exact) mass is 386 g/mol. The van der Waals surface area contributed by atoms with E-state index in [1.54, 1.807) is 7.11 Å². The van der Waals surface area contributed by atoms with E-state index in [0.717, 1.165) is 12.0 Å². The van der Waals surface area contributed by atoms with Crippen molar-refractivity contribution in [2.24, 2.45) is 11.8 Å². The predicted molar refractivity (Wildman–Crippen MR) is 107 cm³/mol. The molecule has 1 aromatic carbocycles. The third-order valence-corrected chi connectivity index (χ3v) is 5.09. The molecule has 1 amide bonds. The number of H-pyrrole nitrogens is 1. The van der Waals surface area contributed by atoms with Gasteiger partial charge in [0.1, 0.15) is 5.82 Å². The molecule has 1 heterocycles. The first-order valence-electron chi connectivity index (χ1n) is 9.40. The van der Waals surface area contributed by atoms with Gasteiger partial charge < -0.3 is 15.4 Å². The molecule has 2 unspecified atom stereocenters. The topological polar surface area (TPSA) is 110 Å². The molecular formula is C20H26N4O4. The van der Waals surface area contributed by atoms with Crippen LogP contribution in [0.3, 0.4) is 0 Å². The second-order valence-electron chi connectivity index (χ2n) is 7.22. The van der Waals surface area contributed by atoms with Gasteiger partial charge in [0.2, 0.25) is 5.91 Å². The maximum Gasteiger partial charge on any atom is 0.330 e. The number of hydrogen-bond donors (Lipinski definition) is 2. The number of aromatic nitrogens is 2. The van der Waals surface area contributed by atoms with E-state index in [4.69, 9.17) is 10.5 Å². The molecule has 8 nitrogen and oxygen atoms in total. The van der Waals surface area contributed by atoms with Crippen molar-refractivity contribution in [2.75, 3.05) is 30.9 Å². The number of carbonyl (C=O) groups is 1. The summed E-state index contributed by atoms with van der Waals surface area (Å²) >= 11 is 0. The Morgan fingerprint density at radius 2 is 2.00 bits per heavy atom. The molecule has 150 valence electrons. The molecule has 1 aliphatic rings. The van der Waals surface area contributed by atoms with Crippen LogP contribution in [0, 0.1) is 11.8 Å². The molecular weight excluding hydrogens is 360 g/mol. The first-order valence-corrected chi connectivity index (χ1v) is 9.40. The van der Waals surface area contributed by atoms with Crippen LogP contribution in [0.25, 0.3) is 0 Å². The Morgan fingerprint density at radius 3 is 2.61 bits per heavy atom. The first-order chi connectivity index (χ1) is 13.4. The molecule has 8 heteroatoms. The van der Waals surface area contributed by atoms with Crippen molar-refractivity contribution in [3.8, 4) is 0 Å². The highest BCUT2D eigenvalue weighted by Gasteiger charge is 2.42. The number of nitrogen functional groups attached to an aromatic ring is 1. The number of nitrogens with zero attached hydrogens (tertiary/aromatic N) is 2. The first kappa shape index (κ1) is 19.9. The average molecular weight is 386 g/mol. The third-order valence-electron chi connectivity index (χ3n) is 5.09. The zero-order valence-corrected chi connectivity index (χ0v) is 16.2. The zero-order chi connectivity index (χ0) is 20.3. The van der Waals surface area contributed by atoms with Crippen LogP contribution in [-0.2, 0) is 16.1 Å². The highest BCUT2D eigenvalue weighted by Crippen LogP contribution is 2.40. The van der Waals surface area contributed by atoms with E-state index >= 15 is 0 Å². The summed E-state index contributed by atoms with van der Waals surface area (Å²) in [7, 11) is 1.58. The molecule has 1 aliphatic carbocycles. The van der Waals surface area contributed by atoms with Crippen molar-refractivity contribution in [2.45, 2.75) is 26.3 Å². The van der Waals surface area contributed by atoms with Crippen LogP contribution in [0.2, 0.25) is 0 Å². The fourth-order valence-corrected chi connectivity index (χ4v) is 3.33. The maximum atomic E-state index is 13.0. The minimum absolute atomic E-state index is 0.00308. The van der Waals surface area contributed by atoms with Crippen molar-refractivity contribution in [3.05, 3.63) is 56.7 Å². The van der Waals surface area contributed by atoms with E-state index in [9.17, 15) is 14.4 Å². The van der Waals surface area contributed by atoms with Crippen LogP contribution in [0.15, 0.2) is 39.9 Å². The molecule has 2 atom stereocenters. The van der Waals surface area contributed by atoms with E-state index in [0.29, 0.717) is 19.6 Å². The number of ether oxygens (including phenoxy) is 1. The molecule has 1 fully saturated rings. The Bertz CT molecular complexity index is 951. The molecule has 0 radical (unpaired) electrons.